The molecule has 2 rings (SSSR count). The van der Waals surface area contributed by atoms with Crippen molar-refractivity contribution in [2.75, 3.05) is 0 Å². The average molecular weight is 183 g/mol. The number of H-pyrrole nitrogens is 1. The number of terminal acetylenes is 1. The molecule has 2 aromatic rings. The van der Waals surface area contributed by atoms with Crippen molar-refractivity contribution in [2.45, 2.75) is 19.8 Å². The van der Waals surface area contributed by atoms with Crippen LogP contribution in [-0.4, -0.2) is 4.98 Å². The van der Waals surface area contributed by atoms with Crippen molar-refractivity contribution < 1.29 is 0 Å². The monoisotopic (exact) mass is 183 g/mol. The number of nitrogens with one attached hydrogen (secondary N) is 1. The van der Waals surface area contributed by atoms with Gasteiger partial charge in [-0.25, -0.2) is 0 Å². The molecule has 1 aromatic heterocycles. The lowest BCUT2D eigenvalue weighted by atomic mass is 10.1. The van der Waals surface area contributed by atoms with Crippen molar-refractivity contribution in [2.24, 2.45) is 0 Å². The lowest BCUT2D eigenvalue weighted by Gasteiger charge is -1.98. The van der Waals surface area contributed by atoms with Crippen LogP contribution in [0.25, 0.3) is 10.9 Å². The number of hydrogen-bond donors (Lipinski definition) is 1. The maximum Gasteiger partial charge on any atom is 0.0456 e. The molecule has 14 heavy (non-hydrogen) atoms. The van der Waals surface area contributed by atoms with Gasteiger partial charge < -0.3 is 4.98 Å². The molecule has 0 bridgehead atoms. The highest BCUT2D eigenvalue weighted by Crippen LogP contribution is 2.19. The quantitative estimate of drug-likeness (QED) is 0.689. The second-order valence-electron chi connectivity index (χ2n) is 3.56. The molecule has 70 valence electrons. The molecule has 0 fully saturated rings. The van der Waals surface area contributed by atoms with E-state index in [0.29, 0.717) is 0 Å². The highest BCUT2D eigenvalue weighted by molar-refractivity contribution is 5.83. The summed E-state index contributed by atoms with van der Waals surface area (Å²) in [7, 11) is 0. The Labute approximate surface area is 84.1 Å². The highest BCUT2D eigenvalue weighted by Gasteiger charge is 2.00. The molecule has 0 aliphatic heterocycles. The number of hydrogen-bond acceptors (Lipinski definition) is 0. The van der Waals surface area contributed by atoms with Crippen molar-refractivity contribution in [3.05, 3.63) is 35.5 Å². The SMILES string of the molecule is C#CCCc1ccc2[nH]cc(C)c2c1. The first kappa shape index (κ1) is 8.90. The van der Waals surface area contributed by atoms with Gasteiger partial charge in [0.2, 0.25) is 0 Å². The first-order valence-corrected chi connectivity index (χ1v) is 4.81. The summed E-state index contributed by atoms with van der Waals surface area (Å²) in [5.74, 6) is 2.66. The van der Waals surface area contributed by atoms with Crippen molar-refractivity contribution in [1.82, 2.24) is 4.98 Å². The Balaban J connectivity index is 2.40. The summed E-state index contributed by atoms with van der Waals surface area (Å²) in [4.78, 5) is 3.23. The van der Waals surface area contributed by atoms with E-state index in [-0.39, 0.29) is 0 Å². The predicted molar refractivity (Wildman–Crippen MR) is 60.2 cm³/mol. The molecule has 0 aliphatic carbocycles. The predicted octanol–water partition coefficient (Wildman–Crippen LogP) is 3.04. The van der Waals surface area contributed by atoms with E-state index < -0.39 is 0 Å². The lowest BCUT2D eigenvalue weighted by Crippen LogP contribution is -1.83. The van der Waals surface area contributed by atoms with Crippen LogP contribution in [0.5, 0.6) is 0 Å². The fourth-order valence-electron chi connectivity index (χ4n) is 1.68. The standard InChI is InChI=1S/C13H13N/c1-3-4-5-11-6-7-13-12(8-11)10(2)9-14-13/h1,6-9,14H,4-5H2,2H3. The van der Waals surface area contributed by atoms with Gasteiger partial charge in [0, 0.05) is 23.5 Å². The molecule has 0 spiro atoms. The largest absolute Gasteiger partial charge is 0.361 e. The van der Waals surface area contributed by atoms with E-state index >= 15 is 0 Å². The minimum atomic E-state index is 0.814. The van der Waals surface area contributed by atoms with Gasteiger partial charge in [0.25, 0.3) is 0 Å². The molecule has 1 nitrogen and oxygen atoms in total. The van der Waals surface area contributed by atoms with E-state index in [4.69, 9.17) is 6.42 Å². The van der Waals surface area contributed by atoms with Crippen LogP contribution >= 0.6 is 0 Å². The molecule has 0 saturated carbocycles. The van der Waals surface area contributed by atoms with Crippen molar-refractivity contribution >= 4 is 10.9 Å². The summed E-state index contributed by atoms with van der Waals surface area (Å²) < 4.78 is 0. The van der Waals surface area contributed by atoms with Gasteiger partial charge in [0.15, 0.2) is 0 Å². The Hall–Kier alpha value is -1.68. The smallest absolute Gasteiger partial charge is 0.0456 e. The van der Waals surface area contributed by atoms with Gasteiger partial charge in [-0.3, -0.25) is 0 Å². The average Bonchev–Trinajstić information content (AvgIpc) is 2.57. The summed E-state index contributed by atoms with van der Waals surface area (Å²) in [6.45, 7) is 2.11. The maximum absolute atomic E-state index is 5.24. The molecular weight excluding hydrogens is 170 g/mol. The number of aryl methyl sites for hydroxylation is 2. The molecule has 0 atom stereocenters. The van der Waals surface area contributed by atoms with Crippen molar-refractivity contribution in [3.63, 3.8) is 0 Å². The summed E-state index contributed by atoms with van der Waals surface area (Å²) >= 11 is 0. The Kier molecular flexibility index (Phi) is 2.28. The fourth-order valence-corrected chi connectivity index (χ4v) is 1.68. The minimum absolute atomic E-state index is 0.814. The Morgan fingerprint density at radius 1 is 1.43 bits per heavy atom. The second-order valence-corrected chi connectivity index (χ2v) is 3.56. The van der Waals surface area contributed by atoms with Crippen LogP contribution in [0.2, 0.25) is 0 Å². The van der Waals surface area contributed by atoms with Gasteiger partial charge >= 0.3 is 0 Å². The normalized spacial score (nSPS) is 10.3. The summed E-state index contributed by atoms with van der Waals surface area (Å²) in [6, 6.07) is 6.47. The Bertz CT molecular complexity index is 485. The Morgan fingerprint density at radius 3 is 3.07 bits per heavy atom. The number of fused-ring (bicyclic) bond motifs is 1. The summed E-state index contributed by atoms with van der Waals surface area (Å²) in [6.07, 6.45) is 9.06. The first-order chi connectivity index (χ1) is 6.81. The van der Waals surface area contributed by atoms with Gasteiger partial charge in [-0.1, -0.05) is 6.07 Å². The van der Waals surface area contributed by atoms with Crippen molar-refractivity contribution in [1.29, 1.82) is 0 Å². The zero-order valence-electron chi connectivity index (χ0n) is 8.30. The molecular formula is C13H13N. The third-order valence-corrected chi connectivity index (χ3v) is 2.51. The molecule has 0 radical (unpaired) electrons. The second kappa shape index (κ2) is 3.59. The van der Waals surface area contributed by atoms with Gasteiger partial charge in [0.1, 0.15) is 0 Å². The molecule has 0 amide bonds. The van der Waals surface area contributed by atoms with E-state index in [1.165, 1.54) is 22.0 Å². The fraction of sp³-hybridized carbons (Fsp3) is 0.231. The molecule has 1 heteroatoms. The molecule has 0 unspecified atom stereocenters. The maximum atomic E-state index is 5.24. The van der Waals surface area contributed by atoms with E-state index in [1.54, 1.807) is 0 Å². The molecule has 1 aromatic carbocycles. The first-order valence-electron chi connectivity index (χ1n) is 4.81. The number of rotatable bonds is 2. The number of benzene rings is 1. The van der Waals surface area contributed by atoms with E-state index in [1.807, 2.05) is 6.20 Å². The minimum Gasteiger partial charge on any atom is -0.361 e. The van der Waals surface area contributed by atoms with E-state index in [9.17, 15) is 0 Å². The van der Waals surface area contributed by atoms with Crippen LogP contribution in [0.1, 0.15) is 17.5 Å². The van der Waals surface area contributed by atoms with Crippen LogP contribution < -0.4 is 0 Å². The zero-order valence-corrected chi connectivity index (χ0v) is 8.30. The number of aromatic amines is 1. The zero-order chi connectivity index (χ0) is 9.97. The third kappa shape index (κ3) is 1.52. The molecule has 1 heterocycles. The van der Waals surface area contributed by atoms with Crippen LogP contribution in [0.15, 0.2) is 24.4 Å². The van der Waals surface area contributed by atoms with Crippen LogP contribution in [0, 0.1) is 19.3 Å². The van der Waals surface area contributed by atoms with Crippen LogP contribution in [0.4, 0.5) is 0 Å². The third-order valence-electron chi connectivity index (χ3n) is 2.51. The van der Waals surface area contributed by atoms with Crippen LogP contribution in [0.3, 0.4) is 0 Å². The van der Waals surface area contributed by atoms with E-state index in [2.05, 4.69) is 36.0 Å². The summed E-state index contributed by atoms with van der Waals surface area (Å²) in [5, 5.41) is 1.31. The Morgan fingerprint density at radius 2 is 2.29 bits per heavy atom. The van der Waals surface area contributed by atoms with E-state index in [0.717, 1.165) is 12.8 Å². The topological polar surface area (TPSA) is 15.8 Å². The molecule has 1 N–H and O–H groups in total. The van der Waals surface area contributed by atoms with Crippen molar-refractivity contribution in [3.8, 4) is 12.3 Å². The highest BCUT2D eigenvalue weighted by atomic mass is 14.7. The summed E-state index contributed by atoms with van der Waals surface area (Å²) in [5.41, 5.74) is 3.81. The van der Waals surface area contributed by atoms with Gasteiger partial charge in [-0.2, -0.15) is 0 Å². The lowest BCUT2D eigenvalue weighted by molar-refractivity contribution is 1.03. The molecule has 0 saturated heterocycles. The molecule has 0 aliphatic rings. The van der Waals surface area contributed by atoms with Gasteiger partial charge in [0.05, 0.1) is 0 Å². The number of aromatic nitrogens is 1. The van der Waals surface area contributed by atoms with Gasteiger partial charge in [-0.05, 0) is 36.6 Å². The van der Waals surface area contributed by atoms with Gasteiger partial charge in [-0.15, -0.1) is 12.3 Å². The van der Waals surface area contributed by atoms with Crippen LogP contribution in [-0.2, 0) is 6.42 Å².